The van der Waals surface area contributed by atoms with Gasteiger partial charge in [0.1, 0.15) is 35.4 Å². The molecule has 2 fully saturated rings. The summed E-state index contributed by atoms with van der Waals surface area (Å²) in [6.07, 6.45) is 5.60. The lowest BCUT2D eigenvalue weighted by atomic mass is 10.0. The summed E-state index contributed by atoms with van der Waals surface area (Å²) >= 11 is 0. The number of nitrogens with one attached hydrogen (secondary N) is 2. The number of amides is 1. The molecule has 0 radical (unpaired) electrons. The number of piperidine rings is 1. The van der Waals surface area contributed by atoms with Crippen molar-refractivity contribution in [3.05, 3.63) is 115 Å². The van der Waals surface area contributed by atoms with Crippen LogP contribution in [0.2, 0.25) is 0 Å². The van der Waals surface area contributed by atoms with Crippen LogP contribution in [0.3, 0.4) is 0 Å². The van der Waals surface area contributed by atoms with Gasteiger partial charge in [0, 0.05) is 74.0 Å². The monoisotopic (exact) mass is 747 g/mol. The summed E-state index contributed by atoms with van der Waals surface area (Å²) in [7, 11) is 0. The van der Waals surface area contributed by atoms with Crippen LogP contribution >= 0.6 is 0 Å². The fourth-order valence-electron chi connectivity index (χ4n) is 7.52. The third-order valence-electron chi connectivity index (χ3n) is 10.4. The summed E-state index contributed by atoms with van der Waals surface area (Å²) in [6.45, 7) is 5.70. The summed E-state index contributed by atoms with van der Waals surface area (Å²) in [6, 6.07) is 23.4. The Morgan fingerprint density at radius 3 is 2.40 bits per heavy atom. The number of aromatic hydroxyl groups is 1. The molecule has 8 rings (SSSR count). The van der Waals surface area contributed by atoms with Crippen LogP contribution in [0.5, 0.6) is 5.75 Å². The molecule has 2 aliphatic rings. The number of fused-ring (bicyclic) bond motifs is 1. The van der Waals surface area contributed by atoms with Crippen molar-refractivity contribution in [2.75, 3.05) is 68.0 Å². The lowest BCUT2D eigenvalue weighted by molar-refractivity contribution is 0.0998. The van der Waals surface area contributed by atoms with E-state index in [-0.39, 0.29) is 23.9 Å². The fourth-order valence-corrected chi connectivity index (χ4v) is 7.52. The number of phenols is 1. The largest absolute Gasteiger partial charge is 0.506 e. The lowest BCUT2D eigenvalue weighted by Gasteiger charge is -2.43. The average Bonchev–Trinajstić information content (AvgIpc) is 3.61. The van der Waals surface area contributed by atoms with Gasteiger partial charge < -0.3 is 25.5 Å². The highest BCUT2D eigenvalue weighted by atomic mass is 19.1. The van der Waals surface area contributed by atoms with Gasteiger partial charge in [-0.25, -0.2) is 28.1 Å². The molecular weight excluding hydrogens is 708 g/mol. The van der Waals surface area contributed by atoms with E-state index >= 15 is 0 Å². The molecule has 3 aromatic heterocycles. The smallest absolute Gasteiger partial charge is 0.255 e. The second-order valence-electron chi connectivity index (χ2n) is 13.7. The van der Waals surface area contributed by atoms with Gasteiger partial charge in [0.15, 0.2) is 0 Å². The van der Waals surface area contributed by atoms with E-state index in [0.29, 0.717) is 46.6 Å². The molecule has 3 aromatic carbocycles. The molecule has 11 nitrogen and oxygen atoms in total. The van der Waals surface area contributed by atoms with Gasteiger partial charge in [-0.05, 0) is 80.5 Å². The lowest BCUT2D eigenvalue weighted by Crippen LogP contribution is -2.53. The van der Waals surface area contributed by atoms with Gasteiger partial charge in [0.2, 0.25) is 5.95 Å². The minimum absolute atomic E-state index is 0.0648. The number of phenolic OH excluding ortho intramolecular Hbond substituents is 1. The Morgan fingerprint density at radius 2 is 1.64 bits per heavy atom. The Kier molecular flexibility index (Phi) is 10.3. The Labute approximate surface area is 316 Å². The second-order valence-corrected chi connectivity index (χ2v) is 13.7. The fraction of sp³-hybridized carbons (Fsp3) is 0.268. The number of aromatic nitrogens is 4. The molecule has 5 heterocycles. The molecule has 0 bridgehead atoms. The van der Waals surface area contributed by atoms with E-state index in [9.17, 15) is 23.1 Å². The van der Waals surface area contributed by atoms with E-state index in [0.717, 1.165) is 69.9 Å². The number of piperazine rings is 1. The van der Waals surface area contributed by atoms with Gasteiger partial charge in [-0.1, -0.05) is 24.3 Å². The number of hydrogen-bond acceptors (Lipinski definition) is 9. The molecule has 0 unspecified atom stereocenters. The standard InChI is InChI=1S/C41H40F3N9O2/c42-15-20-50-18-13-29(14-19-50)51-21-23-52(24-22-51)30-10-11-33(35(54)26-30)46-41-45-16-12-34(47-41)39-37(48-36-9-1-2-17-53(36)39)27-5-3-6-28(25-27)40(55)49-38-31(43)7-4-8-32(38)44/h1-12,16-17,25-26,29,54H,13-15,18-24H2,(H,49,55)(H,45,46,47). The van der Waals surface area contributed by atoms with Crippen molar-refractivity contribution < 1.29 is 23.1 Å². The third kappa shape index (κ3) is 7.68. The van der Waals surface area contributed by atoms with E-state index in [1.807, 2.05) is 40.9 Å². The molecule has 2 saturated heterocycles. The van der Waals surface area contributed by atoms with Crippen molar-refractivity contribution in [2.24, 2.45) is 0 Å². The Morgan fingerprint density at radius 1 is 0.855 bits per heavy atom. The number of carbonyl (C=O) groups excluding carboxylic acids is 1. The Balaban J connectivity index is 0.993. The van der Waals surface area contributed by atoms with Crippen LogP contribution in [0.4, 0.5) is 36.2 Å². The third-order valence-corrected chi connectivity index (χ3v) is 10.4. The number of imidazole rings is 1. The van der Waals surface area contributed by atoms with Crippen LogP contribution in [-0.4, -0.2) is 98.7 Å². The predicted molar refractivity (Wildman–Crippen MR) is 207 cm³/mol. The van der Waals surface area contributed by atoms with Gasteiger partial charge >= 0.3 is 0 Å². The van der Waals surface area contributed by atoms with Gasteiger partial charge in [0.05, 0.1) is 22.8 Å². The van der Waals surface area contributed by atoms with Crippen molar-refractivity contribution in [1.82, 2.24) is 29.2 Å². The average molecular weight is 748 g/mol. The Bertz CT molecular complexity index is 2300. The maximum absolute atomic E-state index is 14.3. The zero-order valence-corrected chi connectivity index (χ0v) is 30.0. The minimum atomic E-state index is -0.876. The number of para-hydroxylation sites is 1. The number of halogens is 3. The summed E-state index contributed by atoms with van der Waals surface area (Å²) in [5.41, 5.74) is 3.94. The first kappa shape index (κ1) is 36.0. The van der Waals surface area contributed by atoms with E-state index in [4.69, 9.17) is 9.97 Å². The highest BCUT2D eigenvalue weighted by molar-refractivity contribution is 6.05. The topological polar surface area (TPSA) is 114 Å². The van der Waals surface area contributed by atoms with Crippen molar-refractivity contribution in [3.8, 4) is 28.4 Å². The van der Waals surface area contributed by atoms with Crippen molar-refractivity contribution in [1.29, 1.82) is 0 Å². The van der Waals surface area contributed by atoms with Crippen LogP contribution in [0, 0.1) is 11.6 Å². The first-order chi connectivity index (χ1) is 26.8. The van der Waals surface area contributed by atoms with Crippen molar-refractivity contribution in [2.45, 2.75) is 18.9 Å². The number of alkyl halides is 1. The summed E-state index contributed by atoms with van der Waals surface area (Å²) < 4.78 is 43.2. The molecular formula is C41H40F3N9O2. The number of anilines is 4. The molecule has 1 amide bonds. The number of nitrogens with zero attached hydrogens (tertiary/aromatic N) is 7. The highest BCUT2D eigenvalue weighted by Gasteiger charge is 2.28. The minimum Gasteiger partial charge on any atom is -0.506 e. The number of hydrogen-bond donors (Lipinski definition) is 3. The maximum Gasteiger partial charge on any atom is 0.255 e. The van der Waals surface area contributed by atoms with E-state index in [1.165, 1.54) is 6.07 Å². The molecule has 14 heteroatoms. The second kappa shape index (κ2) is 15.8. The van der Waals surface area contributed by atoms with Crippen LogP contribution in [-0.2, 0) is 0 Å². The number of likely N-dealkylation sites (tertiary alicyclic amines) is 1. The van der Waals surface area contributed by atoms with E-state index in [1.54, 1.807) is 42.6 Å². The SMILES string of the molecule is O=C(Nc1c(F)cccc1F)c1cccc(-c2nc3ccccn3c2-c2ccnc(Nc3ccc(N4CCN(C5CCN(CCF)CC5)CC4)cc3O)n2)c1. The quantitative estimate of drug-likeness (QED) is 0.128. The number of rotatable bonds is 10. The van der Waals surface area contributed by atoms with Gasteiger partial charge in [-0.15, -0.1) is 0 Å². The molecule has 3 N–H and O–H groups in total. The molecule has 0 spiro atoms. The van der Waals surface area contributed by atoms with E-state index in [2.05, 4.69) is 30.3 Å². The summed E-state index contributed by atoms with van der Waals surface area (Å²) in [5, 5.41) is 16.6. The first-order valence-corrected chi connectivity index (χ1v) is 18.4. The van der Waals surface area contributed by atoms with Gasteiger partial charge in [-0.3, -0.25) is 14.1 Å². The molecule has 282 valence electrons. The molecule has 0 saturated carbocycles. The molecule has 0 atom stereocenters. The van der Waals surface area contributed by atoms with Crippen LogP contribution in [0.1, 0.15) is 23.2 Å². The summed E-state index contributed by atoms with van der Waals surface area (Å²) in [5.74, 6) is -2.11. The van der Waals surface area contributed by atoms with E-state index < -0.39 is 23.2 Å². The number of carbonyl (C=O) groups is 1. The number of benzene rings is 3. The summed E-state index contributed by atoms with van der Waals surface area (Å²) in [4.78, 5) is 34.3. The van der Waals surface area contributed by atoms with Crippen molar-refractivity contribution in [3.63, 3.8) is 0 Å². The Hall–Kier alpha value is -5.99. The van der Waals surface area contributed by atoms with Crippen molar-refractivity contribution >= 4 is 34.6 Å². The molecule has 2 aliphatic heterocycles. The molecule has 0 aliphatic carbocycles. The highest BCUT2D eigenvalue weighted by Crippen LogP contribution is 2.35. The maximum atomic E-state index is 14.3. The normalized spacial score (nSPS) is 15.7. The number of pyridine rings is 1. The zero-order valence-electron chi connectivity index (χ0n) is 30.0. The van der Waals surface area contributed by atoms with Gasteiger partial charge in [0.25, 0.3) is 5.91 Å². The van der Waals surface area contributed by atoms with Crippen LogP contribution in [0.25, 0.3) is 28.3 Å². The zero-order chi connectivity index (χ0) is 37.9. The molecule has 55 heavy (non-hydrogen) atoms. The van der Waals surface area contributed by atoms with Crippen LogP contribution < -0.4 is 15.5 Å². The predicted octanol–water partition coefficient (Wildman–Crippen LogP) is 6.99. The first-order valence-electron chi connectivity index (χ1n) is 18.4. The molecule has 6 aromatic rings. The van der Waals surface area contributed by atoms with Crippen LogP contribution in [0.15, 0.2) is 97.3 Å². The van der Waals surface area contributed by atoms with Gasteiger partial charge in [-0.2, -0.15) is 0 Å².